The molecule has 0 amide bonds. The molecule has 1 aliphatic heterocycles. The van der Waals surface area contributed by atoms with Crippen molar-refractivity contribution in [2.75, 3.05) is 41.1 Å². The number of benzene rings is 2. The van der Waals surface area contributed by atoms with Gasteiger partial charge in [0, 0.05) is 41.5 Å². The van der Waals surface area contributed by atoms with Crippen molar-refractivity contribution in [3.05, 3.63) is 40.8 Å². The molecule has 0 saturated carbocycles. The summed E-state index contributed by atoms with van der Waals surface area (Å²) < 4.78 is 23.9. The summed E-state index contributed by atoms with van der Waals surface area (Å²) in [6.45, 7) is 4.44. The Hall–Kier alpha value is -3.52. The molecule has 1 aliphatic rings. The second-order valence-corrected chi connectivity index (χ2v) is 7.85. The van der Waals surface area contributed by atoms with E-state index in [1.54, 1.807) is 20.3 Å². The first-order valence-electron chi connectivity index (χ1n) is 10.5. The second-order valence-electron chi connectivity index (χ2n) is 7.85. The number of hydrogen-bond acceptors (Lipinski definition) is 7. The second kappa shape index (κ2) is 7.87. The summed E-state index contributed by atoms with van der Waals surface area (Å²) in [5, 5.41) is 3.05. The number of fused-ring (bicyclic) bond motifs is 6. The first kappa shape index (κ1) is 20.4. The van der Waals surface area contributed by atoms with Crippen LogP contribution in [0, 0.1) is 0 Å². The normalized spacial score (nSPS) is 12.9. The summed E-state index contributed by atoms with van der Waals surface area (Å²) in [6.07, 6.45) is 1.81. The van der Waals surface area contributed by atoms with E-state index >= 15 is 0 Å². The first-order valence-corrected chi connectivity index (χ1v) is 10.5. The standard InChI is InChI=1S/C24H25N3O5/c1-5-26(2)6-7-27-23-16-10-21-22(32-13-31-21)11-18(16)25-12-17(23)14-8-19(29-3)20(30-4)9-15(14)24(27)28/h8-12H,5-7,13H2,1-4H3. The maximum absolute atomic E-state index is 13.8. The Morgan fingerprint density at radius 2 is 1.69 bits per heavy atom. The Morgan fingerprint density at radius 3 is 2.38 bits per heavy atom. The molecule has 8 heteroatoms. The van der Waals surface area contributed by atoms with Gasteiger partial charge >= 0.3 is 0 Å². The van der Waals surface area contributed by atoms with Crippen molar-refractivity contribution < 1.29 is 18.9 Å². The lowest BCUT2D eigenvalue weighted by Gasteiger charge is -2.19. The van der Waals surface area contributed by atoms with Gasteiger partial charge in [-0.2, -0.15) is 0 Å². The molecule has 0 aliphatic carbocycles. The van der Waals surface area contributed by atoms with Gasteiger partial charge in [0.15, 0.2) is 23.0 Å². The van der Waals surface area contributed by atoms with E-state index in [0.29, 0.717) is 34.9 Å². The van der Waals surface area contributed by atoms with E-state index in [-0.39, 0.29) is 12.4 Å². The van der Waals surface area contributed by atoms with Gasteiger partial charge in [0.1, 0.15) is 0 Å². The van der Waals surface area contributed by atoms with Crippen LogP contribution in [0.4, 0.5) is 0 Å². The zero-order valence-corrected chi connectivity index (χ0v) is 18.6. The molecule has 4 aromatic rings. The molecule has 0 spiro atoms. The lowest BCUT2D eigenvalue weighted by atomic mass is 10.0. The molecule has 0 unspecified atom stereocenters. The lowest BCUT2D eigenvalue weighted by molar-refractivity contribution is 0.174. The summed E-state index contributed by atoms with van der Waals surface area (Å²) in [5.41, 5.74) is 1.49. The molecule has 2 aromatic carbocycles. The number of methoxy groups -OCH3 is 2. The van der Waals surface area contributed by atoms with E-state index in [9.17, 15) is 4.79 Å². The van der Waals surface area contributed by atoms with E-state index < -0.39 is 0 Å². The summed E-state index contributed by atoms with van der Waals surface area (Å²) in [4.78, 5) is 20.6. The number of rotatable bonds is 6. The highest BCUT2D eigenvalue weighted by atomic mass is 16.7. The third kappa shape index (κ3) is 3.10. The molecule has 8 nitrogen and oxygen atoms in total. The van der Waals surface area contributed by atoms with Crippen molar-refractivity contribution in [1.82, 2.24) is 14.5 Å². The minimum absolute atomic E-state index is 0.0804. The zero-order valence-electron chi connectivity index (χ0n) is 18.6. The minimum atomic E-state index is -0.0804. The highest BCUT2D eigenvalue weighted by Crippen LogP contribution is 2.40. The molecular formula is C24H25N3O5. The summed E-state index contributed by atoms with van der Waals surface area (Å²) in [5.74, 6) is 2.40. The molecular weight excluding hydrogens is 410 g/mol. The summed E-state index contributed by atoms with van der Waals surface area (Å²) in [7, 11) is 5.19. The third-order valence-electron chi connectivity index (χ3n) is 6.14. The fourth-order valence-corrected chi connectivity index (χ4v) is 4.22. The SMILES string of the molecule is CCN(C)CCn1c(=O)c2cc(OC)c(OC)cc2c2cnc3cc4c(cc3c21)OCO4. The molecule has 0 fully saturated rings. The van der Waals surface area contributed by atoms with Gasteiger partial charge in [-0.3, -0.25) is 9.78 Å². The Bertz CT molecular complexity index is 1410. The van der Waals surface area contributed by atoms with Gasteiger partial charge in [-0.25, -0.2) is 0 Å². The summed E-state index contributed by atoms with van der Waals surface area (Å²) >= 11 is 0. The quantitative estimate of drug-likeness (QED) is 0.430. The van der Waals surface area contributed by atoms with Crippen molar-refractivity contribution in [2.45, 2.75) is 13.5 Å². The number of aromatic nitrogens is 2. The van der Waals surface area contributed by atoms with Crippen LogP contribution in [-0.2, 0) is 6.54 Å². The van der Waals surface area contributed by atoms with Crippen molar-refractivity contribution in [3.8, 4) is 23.0 Å². The Morgan fingerprint density at radius 1 is 1.00 bits per heavy atom. The van der Waals surface area contributed by atoms with Crippen LogP contribution in [-0.4, -0.2) is 55.6 Å². The predicted octanol–water partition coefficient (Wildman–Crippen LogP) is 3.40. The van der Waals surface area contributed by atoms with Gasteiger partial charge in [-0.05, 0) is 31.8 Å². The van der Waals surface area contributed by atoms with Crippen LogP contribution in [0.15, 0.2) is 35.3 Å². The van der Waals surface area contributed by atoms with Crippen molar-refractivity contribution in [1.29, 1.82) is 0 Å². The molecule has 0 radical (unpaired) electrons. The smallest absolute Gasteiger partial charge is 0.259 e. The minimum Gasteiger partial charge on any atom is -0.493 e. The van der Waals surface area contributed by atoms with Gasteiger partial charge in [0.2, 0.25) is 6.79 Å². The lowest BCUT2D eigenvalue weighted by Crippen LogP contribution is -2.29. The molecule has 2 aromatic heterocycles. The van der Waals surface area contributed by atoms with E-state index in [1.807, 2.05) is 36.0 Å². The van der Waals surface area contributed by atoms with Gasteiger partial charge in [-0.1, -0.05) is 6.92 Å². The Labute approximate surface area is 184 Å². The number of nitrogens with zero attached hydrogens (tertiary/aromatic N) is 3. The van der Waals surface area contributed by atoms with Crippen LogP contribution in [0.5, 0.6) is 23.0 Å². The number of pyridine rings is 2. The fourth-order valence-electron chi connectivity index (χ4n) is 4.22. The highest BCUT2D eigenvalue weighted by Gasteiger charge is 2.21. The monoisotopic (exact) mass is 435 g/mol. The van der Waals surface area contributed by atoms with Gasteiger partial charge < -0.3 is 28.4 Å². The third-order valence-corrected chi connectivity index (χ3v) is 6.14. The van der Waals surface area contributed by atoms with Crippen LogP contribution in [0.25, 0.3) is 32.6 Å². The molecule has 166 valence electrons. The number of ether oxygens (including phenoxy) is 4. The molecule has 3 heterocycles. The van der Waals surface area contributed by atoms with Crippen LogP contribution >= 0.6 is 0 Å². The van der Waals surface area contributed by atoms with Crippen molar-refractivity contribution in [3.63, 3.8) is 0 Å². The average molecular weight is 435 g/mol. The molecule has 0 N–H and O–H groups in total. The van der Waals surface area contributed by atoms with Crippen LogP contribution in [0.3, 0.4) is 0 Å². The average Bonchev–Trinajstić information content (AvgIpc) is 3.28. The van der Waals surface area contributed by atoms with Gasteiger partial charge in [0.05, 0.1) is 30.6 Å². The predicted molar refractivity (Wildman–Crippen MR) is 123 cm³/mol. The molecule has 0 bridgehead atoms. The maximum Gasteiger partial charge on any atom is 0.259 e. The van der Waals surface area contributed by atoms with E-state index in [4.69, 9.17) is 18.9 Å². The number of likely N-dealkylation sites (N-methyl/N-ethyl adjacent to an activating group) is 1. The summed E-state index contributed by atoms with van der Waals surface area (Å²) in [6, 6.07) is 7.38. The van der Waals surface area contributed by atoms with Crippen molar-refractivity contribution >= 4 is 32.6 Å². The van der Waals surface area contributed by atoms with Gasteiger partial charge in [0.25, 0.3) is 5.56 Å². The maximum atomic E-state index is 13.8. The van der Waals surface area contributed by atoms with Crippen LogP contribution in [0.1, 0.15) is 6.92 Å². The molecule has 5 rings (SSSR count). The zero-order chi connectivity index (χ0) is 22.4. The first-order chi connectivity index (χ1) is 15.5. The van der Waals surface area contributed by atoms with Crippen molar-refractivity contribution in [2.24, 2.45) is 0 Å². The topological polar surface area (TPSA) is 75.1 Å². The van der Waals surface area contributed by atoms with Gasteiger partial charge in [-0.15, -0.1) is 0 Å². The molecule has 0 saturated heterocycles. The van der Waals surface area contributed by atoms with E-state index in [2.05, 4.69) is 16.8 Å². The van der Waals surface area contributed by atoms with Crippen LogP contribution < -0.4 is 24.5 Å². The van der Waals surface area contributed by atoms with Crippen LogP contribution in [0.2, 0.25) is 0 Å². The fraction of sp³-hybridized carbons (Fsp3) is 0.333. The highest BCUT2D eigenvalue weighted by molar-refractivity contribution is 6.15. The number of hydrogen-bond donors (Lipinski definition) is 0. The molecule has 32 heavy (non-hydrogen) atoms. The molecule has 0 atom stereocenters. The Balaban J connectivity index is 1.90. The van der Waals surface area contributed by atoms with E-state index in [0.717, 1.165) is 40.3 Å². The largest absolute Gasteiger partial charge is 0.493 e. The van der Waals surface area contributed by atoms with E-state index in [1.165, 1.54) is 0 Å². The Kier molecular flexibility index (Phi) is 5.01.